The Morgan fingerprint density at radius 1 is 1.07 bits per heavy atom. The second-order valence-corrected chi connectivity index (χ2v) is 5.20. The SMILES string of the molecule is CCOC(CC[SiH3])(OC(C)C)OC(C)C. The molecule has 0 saturated heterocycles. The average molecular weight is 234 g/mol. The minimum atomic E-state index is -0.821. The molecule has 0 bridgehead atoms. The predicted octanol–water partition coefficient (Wildman–Crippen LogP) is 1.70. The molecular weight excluding hydrogens is 208 g/mol. The van der Waals surface area contributed by atoms with Crippen LogP contribution in [0.5, 0.6) is 0 Å². The van der Waals surface area contributed by atoms with Gasteiger partial charge in [0.15, 0.2) is 0 Å². The fourth-order valence-corrected chi connectivity index (χ4v) is 2.14. The Labute approximate surface area is 96.9 Å². The van der Waals surface area contributed by atoms with Crippen molar-refractivity contribution in [3.63, 3.8) is 0 Å². The third-order valence-corrected chi connectivity index (χ3v) is 2.25. The second-order valence-electron chi connectivity index (χ2n) is 4.20. The highest BCUT2D eigenvalue weighted by Gasteiger charge is 2.34. The fourth-order valence-electron chi connectivity index (χ4n) is 1.53. The highest BCUT2D eigenvalue weighted by atomic mass is 28.1. The van der Waals surface area contributed by atoms with Gasteiger partial charge in [-0.2, -0.15) is 0 Å². The third kappa shape index (κ3) is 6.30. The number of hydrogen-bond donors (Lipinski definition) is 0. The zero-order chi connectivity index (χ0) is 11.9. The Hall–Kier alpha value is 0.0969. The molecule has 0 rings (SSSR count). The summed E-state index contributed by atoms with van der Waals surface area (Å²) in [6.07, 6.45) is 1.05. The summed E-state index contributed by atoms with van der Waals surface area (Å²) in [6.45, 7) is 10.6. The smallest absolute Gasteiger partial charge is 0.283 e. The zero-order valence-electron chi connectivity index (χ0n) is 11.0. The molecule has 0 unspecified atom stereocenters. The summed E-state index contributed by atoms with van der Waals surface area (Å²) in [5.41, 5.74) is 0. The lowest BCUT2D eigenvalue weighted by molar-refractivity contribution is -0.399. The van der Waals surface area contributed by atoms with Crippen molar-refractivity contribution in [3.8, 4) is 0 Å². The summed E-state index contributed by atoms with van der Waals surface area (Å²) in [5, 5.41) is 0. The van der Waals surface area contributed by atoms with Crippen LogP contribution in [0.3, 0.4) is 0 Å². The summed E-state index contributed by atoms with van der Waals surface area (Å²) in [6, 6.07) is 1.11. The minimum absolute atomic E-state index is 0.114. The molecule has 0 atom stereocenters. The van der Waals surface area contributed by atoms with Crippen molar-refractivity contribution in [2.75, 3.05) is 6.61 Å². The first-order chi connectivity index (χ1) is 6.95. The molecule has 3 nitrogen and oxygen atoms in total. The highest BCUT2D eigenvalue weighted by molar-refractivity contribution is 6.08. The van der Waals surface area contributed by atoms with Gasteiger partial charge in [-0.05, 0) is 34.6 Å². The summed E-state index contributed by atoms with van der Waals surface area (Å²) >= 11 is 0. The van der Waals surface area contributed by atoms with Crippen molar-refractivity contribution >= 4 is 10.2 Å². The van der Waals surface area contributed by atoms with E-state index in [1.165, 1.54) is 0 Å². The van der Waals surface area contributed by atoms with E-state index in [9.17, 15) is 0 Å². The quantitative estimate of drug-likeness (QED) is 0.472. The molecular formula is C11H26O3Si. The lowest BCUT2D eigenvalue weighted by Crippen LogP contribution is -2.43. The van der Waals surface area contributed by atoms with E-state index in [0.29, 0.717) is 6.61 Å². The van der Waals surface area contributed by atoms with Crippen molar-refractivity contribution in [3.05, 3.63) is 0 Å². The van der Waals surface area contributed by atoms with Crippen molar-refractivity contribution in [1.29, 1.82) is 0 Å². The largest absolute Gasteiger partial charge is 0.328 e. The van der Waals surface area contributed by atoms with Crippen LogP contribution in [0.25, 0.3) is 0 Å². The van der Waals surface area contributed by atoms with Crippen LogP contribution in [0.15, 0.2) is 0 Å². The van der Waals surface area contributed by atoms with Crippen LogP contribution in [-0.4, -0.2) is 35.0 Å². The van der Waals surface area contributed by atoms with Crippen LogP contribution < -0.4 is 0 Å². The summed E-state index contributed by atoms with van der Waals surface area (Å²) in [4.78, 5) is 0. The average Bonchev–Trinajstić information content (AvgIpc) is 2.01. The van der Waals surface area contributed by atoms with E-state index in [1.807, 2.05) is 34.6 Å². The molecule has 92 valence electrons. The molecule has 0 aliphatic heterocycles. The molecule has 0 aromatic heterocycles. The summed E-state index contributed by atoms with van der Waals surface area (Å²) in [7, 11) is 1.14. The summed E-state index contributed by atoms with van der Waals surface area (Å²) < 4.78 is 17.3. The van der Waals surface area contributed by atoms with Gasteiger partial charge >= 0.3 is 0 Å². The van der Waals surface area contributed by atoms with Crippen molar-refractivity contribution in [2.24, 2.45) is 0 Å². The minimum Gasteiger partial charge on any atom is -0.328 e. The third-order valence-electron chi connectivity index (χ3n) is 1.75. The van der Waals surface area contributed by atoms with Gasteiger partial charge in [-0.1, -0.05) is 6.04 Å². The first-order valence-corrected chi connectivity index (χ1v) is 7.36. The van der Waals surface area contributed by atoms with E-state index in [1.54, 1.807) is 0 Å². The molecule has 0 N–H and O–H groups in total. The van der Waals surface area contributed by atoms with Crippen LogP contribution in [0, 0.1) is 0 Å². The molecule has 0 fully saturated rings. The van der Waals surface area contributed by atoms with E-state index in [2.05, 4.69) is 0 Å². The first-order valence-electron chi connectivity index (χ1n) is 5.95. The van der Waals surface area contributed by atoms with Gasteiger partial charge < -0.3 is 14.2 Å². The van der Waals surface area contributed by atoms with Crippen LogP contribution in [-0.2, 0) is 14.2 Å². The lowest BCUT2D eigenvalue weighted by Gasteiger charge is -2.35. The molecule has 0 aromatic carbocycles. The topological polar surface area (TPSA) is 27.7 Å². The Bertz CT molecular complexity index is 142. The maximum absolute atomic E-state index is 5.81. The van der Waals surface area contributed by atoms with Crippen molar-refractivity contribution in [1.82, 2.24) is 0 Å². The predicted molar refractivity (Wildman–Crippen MR) is 66.2 cm³/mol. The first kappa shape index (κ1) is 15.1. The van der Waals surface area contributed by atoms with Gasteiger partial charge in [-0.3, -0.25) is 0 Å². The van der Waals surface area contributed by atoms with Crippen LogP contribution in [0.4, 0.5) is 0 Å². The van der Waals surface area contributed by atoms with E-state index < -0.39 is 5.97 Å². The Morgan fingerprint density at radius 2 is 1.53 bits per heavy atom. The second kappa shape index (κ2) is 7.38. The molecule has 0 amide bonds. The van der Waals surface area contributed by atoms with Crippen LogP contribution in [0.1, 0.15) is 41.0 Å². The van der Waals surface area contributed by atoms with Gasteiger partial charge in [-0.15, -0.1) is 0 Å². The summed E-state index contributed by atoms with van der Waals surface area (Å²) in [5.74, 6) is -0.821. The van der Waals surface area contributed by atoms with Gasteiger partial charge in [0, 0.05) is 23.3 Å². The molecule has 0 aliphatic rings. The Balaban J connectivity index is 4.55. The van der Waals surface area contributed by atoms with E-state index in [0.717, 1.165) is 22.7 Å². The maximum Gasteiger partial charge on any atom is 0.283 e. The van der Waals surface area contributed by atoms with Gasteiger partial charge in [-0.25, -0.2) is 0 Å². The van der Waals surface area contributed by atoms with E-state index >= 15 is 0 Å². The van der Waals surface area contributed by atoms with E-state index in [-0.39, 0.29) is 12.2 Å². The molecule has 0 aliphatic carbocycles. The molecule has 0 aromatic rings. The van der Waals surface area contributed by atoms with Gasteiger partial charge in [0.05, 0.1) is 12.2 Å². The molecule has 0 heterocycles. The number of rotatable bonds is 8. The van der Waals surface area contributed by atoms with Crippen molar-refractivity contribution < 1.29 is 14.2 Å². The van der Waals surface area contributed by atoms with Crippen molar-refractivity contribution in [2.45, 2.75) is 65.3 Å². The Kier molecular flexibility index (Phi) is 7.43. The molecule has 0 spiro atoms. The highest BCUT2D eigenvalue weighted by Crippen LogP contribution is 2.25. The van der Waals surface area contributed by atoms with Gasteiger partial charge in [0.1, 0.15) is 0 Å². The standard InChI is InChI=1S/C11H26O3Si/c1-6-12-11(7-8-15,13-9(2)3)14-10(4)5/h9-10H,6-8H2,1-5,15H3. The normalized spacial score (nSPS) is 13.0. The molecule has 15 heavy (non-hydrogen) atoms. The van der Waals surface area contributed by atoms with Crippen LogP contribution in [0.2, 0.25) is 6.04 Å². The van der Waals surface area contributed by atoms with Crippen LogP contribution >= 0.6 is 0 Å². The number of ether oxygens (including phenoxy) is 3. The fraction of sp³-hybridized carbons (Fsp3) is 1.00. The number of hydrogen-bond acceptors (Lipinski definition) is 3. The lowest BCUT2D eigenvalue weighted by atomic mass is 10.3. The zero-order valence-corrected chi connectivity index (χ0v) is 13.0. The molecule has 0 radical (unpaired) electrons. The van der Waals surface area contributed by atoms with Gasteiger partial charge in [0.2, 0.25) is 0 Å². The van der Waals surface area contributed by atoms with Gasteiger partial charge in [0.25, 0.3) is 5.97 Å². The monoisotopic (exact) mass is 234 g/mol. The molecule has 4 heteroatoms. The molecule has 0 saturated carbocycles. The van der Waals surface area contributed by atoms with E-state index in [4.69, 9.17) is 14.2 Å². The Morgan fingerprint density at radius 3 is 1.80 bits per heavy atom. The maximum atomic E-state index is 5.81.